The van der Waals surface area contributed by atoms with Gasteiger partial charge in [0.2, 0.25) is 0 Å². The molecular weight excluding hydrogens is 410 g/mol. The Morgan fingerprint density at radius 1 is 1.03 bits per heavy atom. The summed E-state index contributed by atoms with van der Waals surface area (Å²) in [6.07, 6.45) is 1.20. The maximum absolute atomic E-state index is 13.1. The van der Waals surface area contributed by atoms with Crippen LogP contribution in [-0.4, -0.2) is 33.3 Å². The molecule has 0 saturated heterocycles. The van der Waals surface area contributed by atoms with Crippen molar-refractivity contribution in [3.63, 3.8) is 0 Å². The highest BCUT2D eigenvalue weighted by molar-refractivity contribution is 5.89. The lowest BCUT2D eigenvalue weighted by Crippen LogP contribution is -2.43. The Labute approximate surface area is 186 Å². The van der Waals surface area contributed by atoms with Gasteiger partial charge >= 0.3 is 11.9 Å². The van der Waals surface area contributed by atoms with E-state index in [-0.39, 0.29) is 17.1 Å². The number of nitrogens with zero attached hydrogens (tertiary/aromatic N) is 2. The molecule has 2 aromatic carbocycles. The molecule has 0 fully saturated rings. The number of hydrogen-bond donors (Lipinski definition) is 1. The van der Waals surface area contributed by atoms with Crippen molar-refractivity contribution in [2.24, 2.45) is 11.7 Å². The van der Waals surface area contributed by atoms with Gasteiger partial charge in [-0.1, -0.05) is 30.3 Å². The Balaban J connectivity index is 2.33. The van der Waals surface area contributed by atoms with Crippen LogP contribution in [0, 0.1) is 17.2 Å². The van der Waals surface area contributed by atoms with Gasteiger partial charge in [-0.2, -0.15) is 5.26 Å². The zero-order chi connectivity index (χ0) is 23.3. The normalized spacial score (nSPS) is 19.3. The Kier molecular flexibility index (Phi) is 6.80. The second kappa shape index (κ2) is 9.71. The predicted octanol–water partition coefficient (Wildman–Crippen LogP) is 2.84. The van der Waals surface area contributed by atoms with Crippen LogP contribution in [0.1, 0.15) is 11.5 Å². The Morgan fingerprint density at radius 2 is 1.69 bits per heavy atom. The molecule has 0 amide bonds. The van der Waals surface area contributed by atoms with Crippen molar-refractivity contribution < 1.29 is 23.8 Å². The van der Waals surface area contributed by atoms with E-state index in [2.05, 4.69) is 6.07 Å². The molecule has 3 rings (SSSR count). The summed E-state index contributed by atoms with van der Waals surface area (Å²) < 4.78 is 15.1. The minimum Gasteiger partial charge on any atom is -0.497 e. The highest BCUT2D eigenvalue weighted by atomic mass is 16.5. The van der Waals surface area contributed by atoms with Crippen molar-refractivity contribution in [2.45, 2.75) is 5.92 Å². The van der Waals surface area contributed by atoms with E-state index in [1.807, 2.05) is 6.07 Å². The number of methoxy groups -OCH3 is 3. The molecule has 1 heterocycles. The molecule has 164 valence electrons. The summed E-state index contributed by atoms with van der Waals surface area (Å²) in [5.74, 6) is -2.39. The van der Waals surface area contributed by atoms with Crippen LogP contribution in [0.4, 0.5) is 5.69 Å². The van der Waals surface area contributed by atoms with Crippen molar-refractivity contribution in [1.82, 2.24) is 0 Å². The summed E-state index contributed by atoms with van der Waals surface area (Å²) in [6, 6.07) is 18.0. The summed E-state index contributed by atoms with van der Waals surface area (Å²) in [6.45, 7) is 0. The molecule has 2 aromatic rings. The number of carbonyl (C=O) groups is 2. The average molecular weight is 433 g/mol. The third-order valence-corrected chi connectivity index (χ3v) is 5.27. The lowest BCUT2D eigenvalue weighted by Gasteiger charge is -2.40. The third kappa shape index (κ3) is 4.14. The third-order valence-electron chi connectivity index (χ3n) is 5.27. The Bertz CT molecular complexity index is 1100. The molecule has 0 aliphatic carbocycles. The minimum atomic E-state index is -1.03. The molecule has 0 aromatic heterocycles. The number of nitriles is 1. The van der Waals surface area contributed by atoms with Crippen LogP contribution >= 0.6 is 0 Å². The number of allylic oxidation sites excluding steroid dienone is 1. The molecule has 0 unspecified atom stereocenters. The molecule has 1 aliphatic heterocycles. The molecule has 8 nitrogen and oxygen atoms in total. The number of esters is 2. The van der Waals surface area contributed by atoms with Crippen LogP contribution in [0.5, 0.6) is 5.75 Å². The molecule has 2 atom stereocenters. The van der Waals surface area contributed by atoms with Gasteiger partial charge < -0.3 is 19.9 Å². The van der Waals surface area contributed by atoms with Gasteiger partial charge in [0, 0.05) is 23.4 Å². The summed E-state index contributed by atoms with van der Waals surface area (Å²) in [7, 11) is 4.03. The summed E-state index contributed by atoms with van der Waals surface area (Å²) in [5.41, 5.74) is 8.12. The molecule has 2 N–H and O–H groups in total. The lowest BCUT2D eigenvalue weighted by atomic mass is 9.75. The highest BCUT2D eigenvalue weighted by Crippen LogP contribution is 2.46. The van der Waals surface area contributed by atoms with Gasteiger partial charge in [0.05, 0.1) is 33.0 Å². The van der Waals surface area contributed by atoms with Crippen LogP contribution in [0.15, 0.2) is 77.8 Å². The predicted molar refractivity (Wildman–Crippen MR) is 117 cm³/mol. The zero-order valence-electron chi connectivity index (χ0n) is 17.9. The topological polar surface area (TPSA) is 115 Å². The molecule has 0 saturated carbocycles. The monoisotopic (exact) mass is 433 g/mol. The van der Waals surface area contributed by atoms with Crippen LogP contribution in [0.25, 0.3) is 0 Å². The first kappa shape index (κ1) is 22.4. The van der Waals surface area contributed by atoms with Crippen LogP contribution in [0.3, 0.4) is 0 Å². The van der Waals surface area contributed by atoms with E-state index in [9.17, 15) is 14.9 Å². The summed E-state index contributed by atoms with van der Waals surface area (Å²) in [5, 5.41) is 10.0. The summed E-state index contributed by atoms with van der Waals surface area (Å²) in [4.78, 5) is 26.9. The van der Waals surface area contributed by atoms with Gasteiger partial charge in [0.15, 0.2) is 0 Å². The summed E-state index contributed by atoms with van der Waals surface area (Å²) >= 11 is 0. The minimum absolute atomic E-state index is 0.106. The molecule has 32 heavy (non-hydrogen) atoms. The van der Waals surface area contributed by atoms with Crippen molar-refractivity contribution >= 4 is 17.6 Å². The number of carbonyl (C=O) groups excluding carboxylic acids is 2. The highest BCUT2D eigenvalue weighted by Gasteiger charge is 2.45. The van der Waals surface area contributed by atoms with Crippen LogP contribution < -0.4 is 15.4 Å². The standard InChI is InChI=1S/C24H23N3O5/c1-30-17-11-9-15(10-12-17)21-18(14-25)23(26)27(16-7-5-4-6-8-16)19(13-20(28)31-2)22(21)24(29)32-3/h4-13,21-22H,26H2,1-3H3/b19-13+/t21-,22-/m0/s1. The first-order chi connectivity index (χ1) is 15.5. The first-order valence-corrected chi connectivity index (χ1v) is 9.73. The first-order valence-electron chi connectivity index (χ1n) is 9.73. The maximum Gasteiger partial charge on any atom is 0.332 e. The second-order valence-electron chi connectivity index (χ2n) is 6.93. The molecule has 1 aliphatic rings. The largest absolute Gasteiger partial charge is 0.497 e. The van der Waals surface area contributed by atoms with Crippen molar-refractivity contribution in [3.8, 4) is 11.8 Å². The maximum atomic E-state index is 13.1. The smallest absolute Gasteiger partial charge is 0.332 e. The molecule has 0 radical (unpaired) electrons. The fraction of sp³-hybridized carbons (Fsp3) is 0.208. The van der Waals surface area contributed by atoms with Gasteiger partial charge in [0.25, 0.3) is 0 Å². The van der Waals surface area contributed by atoms with Crippen LogP contribution in [-0.2, 0) is 19.1 Å². The van der Waals surface area contributed by atoms with E-state index in [1.54, 1.807) is 55.6 Å². The number of hydrogen-bond acceptors (Lipinski definition) is 8. The van der Waals surface area contributed by atoms with Gasteiger partial charge in [-0.05, 0) is 29.8 Å². The van der Waals surface area contributed by atoms with Crippen molar-refractivity contribution in [3.05, 3.63) is 83.3 Å². The Hall–Kier alpha value is -4.25. The fourth-order valence-corrected chi connectivity index (χ4v) is 3.78. The molecular formula is C24H23N3O5. The number of rotatable bonds is 5. The fourth-order valence-electron chi connectivity index (χ4n) is 3.78. The van der Waals surface area contributed by atoms with Gasteiger partial charge in [0.1, 0.15) is 17.5 Å². The van der Waals surface area contributed by atoms with E-state index in [0.29, 0.717) is 17.0 Å². The average Bonchev–Trinajstić information content (AvgIpc) is 2.83. The van der Waals surface area contributed by atoms with Crippen molar-refractivity contribution in [2.75, 3.05) is 26.2 Å². The lowest BCUT2D eigenvalue weighted by molar-refractivity contribution is -0.144. The van der Waals surface area contributed by atoms with Gasteiger partial charge in [-0.25, -0.2) is 4.79 Å². The van der Waals surface area contributed by atoms with Gasteiger partial charge in [-0.3, -0.25) is 9.69 Å². The van der Waals surface area contributed by atoms with Gasteiger partial charge in [-0.15, -0.1) is 0 Å². The van der Waals surface area contributed by atoms with E-state index in [0.717, 1.165) is 0 Å². The van der Waals surface area contributed by atoms with E-state index in [4.69, 9.17) is 19.9 Å². The molecule has 0 spiro atoms. The zero-order valence-corrected chi connectivity index (χ0v) is 17.9. The molecule has 0 bridgehead atoms. The number of nitrogens with two attached hydrogens (primary N) is 1. The SMILES string of the molecule is COC(=O)/C=C1\[C@H](C(=O)OC)[C@@H](c2ccc(OC)cc2)C(C#N)=C(N)N1c1ccccc1. The van der Waals surface area contributed by atoms with Crippen LogP contribution in [0.2, 0.25) is 0 Å². The number of ether oxygens (including phenoxy) is 3. The quantitative estimate of drug-likeness (QED) is 0.565. The van der Waals surface area contributed by atoms with Crippen molar-refractivity contribution in [1.29, 1.82) is 5.26 Å². The van der Waals surface area contributed by atoms with E-state index >= 15 is 0 Å². The molecule has 8 heteroatoms. The number of anilines is 1. The van der Waals surface area contributed by atoms with E-state index in [1.165, 1.54) is 25.2 Å². The second-order valence-corrected chi connectivity index (χ2v) is 6.93. The number of benzene rings is 2. The number of para-hydroxylation sites is 1. The Morgan fingerprint density at radius 3 is 2.22 bits per heavy atom. The van der Waals surface area contributed by atoms with E-state index < -0.39 is 23.8 Å².